The van der Waals surface area contributed by atoms with E-state index in [1.165, 1.54) is 32.1 Å². The summed E-state index contributed by atoms with van der Waals surface area (Å²) in [6.45, 7) is 4.43. The van der Waals surface area contributed by atoms with Gasteiger partial charge in [-0.05, 0) is 45.6 Å². The van der Waals surface area contributed by atoms with Crippen molar-refractivity contribution in [1.82, 2.24) is 4.90 Å². The van der Waals surface area contributed by atoms with E-state index in [1.807, 2.05) is 6.92 Å². The van der Waals surface area contributed by atoms with E-state index in [0.717, 1.165) is 5.92 Å². The quantitative estimate of drug-likeness (QED) is 0.751. The van der Waals surface area contributed by atoms with Gasteiger partial charge in [0, 0.05) is 18.1 Å². The summed E-state index contributed by atoms with van der Waals surface area (Å²) >= 11 is 0. The molecule has 0 radical (unpaired) electrons. The minimum atomic E-state index is 0.0406. The second kappa shape index (κ2) is 6.58. The van der Waals surface area contributed by atoms with Crippen molar-refractivity contribution >= 4 is 0 Å². The molecule has 0 aromatic rings. The molecule has 1 aliphatic carbocycles. The van der Waals surface area contributed by atoms with Gasteiger partial charge in [0.2, 0.25) is 0 Å². The highest BCUT2D eigenvalue weighted by Crippen LogP contribution is 2.29. The van der Waals surface area contributed by atoms with Crippen molar-refractivity contribution in [2.45, 2.75) is 64.1 Å². The molecule has 0 aliphatic heterocycles. The van der Waals surface area contributed by atoms with Crippen LogP contribution in [0.2, 0.25) is 0 Å². The molecule has 3 heteroatoms. The Labute approximate surface area is 100 Å². The van der Waals surface area contributed by atoms with Crippen molar-refractivity contribution < 1.29 is 5.11 Å². The second-order valence-corrected chi connectivity index (χ2v) is 5.36. The first-order chi connectivity index (χ1) is 7.60. The molecule has 96 valence electrons. The van der Waals surface area contributed by atoms with Gasteiger partial charge in [-0.15, -0.1) is 0 Å². The molecule has 0 bridgehead atoms. The maximum atomic E-state index is 9.37. The van der Waals surface area contributed by atoms with Gasteiger partial charge >= 0.3 is 0 Å². The largest absolute Gasteiger partial charge is 0.395 e. The lowest BCUT2D eigenvalue weighted by Gasteiger charge is -2.39. The van der Waals surface area contributed by atoms with Crippen LogP contribution >= 0.6 is 0 Å². The minimum Gasteiger partial charge on any atom is -0.395 e. The van der Waals surface area contributed by atoms with Gasteiger partial charge in [-0.1, -0.05) is 13.3 Å². The third kappa shape index (κ3) is 3.44. The Morgan fingerprint density at radius 3 is 2.25 bits per heavy atom. The van der Waals surface area contributed by atoms with Crippen LogP contribution in [0.3, 0.4) is 0 Å². The Balaban J connectivity index is 2.45. The molecule has 1 fully saturated rings. The molecule has 0 saturated heterocycles. The first-order valence-corrected chi connectivity index (χ1v) is 6.68. The zero-order valence-corrected chi connectivity index (χ0v) is 11.0. The van der Waals surface area contributed by atoms with Gasteiger partial charge < -0.3 is 10.8 Å². The summed E-state index contributed by atoms with van der Waals surface area (Å²) in [5, 5.41) is 9.37. The number of likely N-dealkylation sites (N-methyl/N-ethyl adjacent to an activating group) is 1. The van der Waals surface area contributed by atoms with Crippen molar-refractivity contribution in [2.75, 3.05) is 13.7 Å². The van der Waals surface area contributed by atoms with Crippen molar-refractivity contribution in [1.29, 1.82) is 0 Å². The van der Waals surface area contributed by atoms with Crippen LogP contribution in [0.15, 0.2) is 0 Å². The van der Waals surface area contributed by atoms with E-state index < -0.39 is 0 Å². The van der Waals surface area contributed by atoms with Gasteiger partial charge in [0.1, 0.15) is 0 Å². The maximum Gasteiger partial charge on any atom is 0.0601 e. The summed E-state index contributed by atoms with van der Waals surface area (Å²) < 4.78 is 0. The van der Waals surface area contributed by atoms with Gasteiger partial charge in [0.05, 0.1) is 6.61 Å². The van der Waals surface area contributed by atoms with Crippen LogP contribution in [-0.4, -0.2) is 41.8 Å². The highest BCUT2D eigenvalue weighted by atomic mass is 16.3. The highest BCUT2D eigenvalue weighted by Gasteiger charge is 2.28. The topological polar surface area (TPSA) is 49.5 Å². The summed E-state index contributed by atoms with van der Waals surface area (Å²) in [6, 6.07) is 0.771. The first-order valence-electron chi connectivity index (χ1n) is 6.68. The minimum absolute atomic E-state index is 0.0406. The highest BCUT2D eigenvalue weighted by molar-refractivity contribution is 4.85. The van der Waals surface area contributed by atoms with Crippen LogP contribution in [0.25, 0.3) is 0 Å². The molecule has 1 saturated carbocycles. The molecule has 0 amide bonds. The molecule has 16 heavy (non-hydrogen) atoms. The van der Waals surface area contributed by atoms with Crippen molar-refractivity contribution in [3.8, 4) is 0 Å². The SMILES string of the molecule is CCC1CCC(N(C)C(CO)C(C)N)CC1. The van der Waals surface area contributed by atoms with Gasteiger partial charge in [0.15, 0.2) is 0 Å². The van der Waals surface area contributed by atoms with Crippen molar-refractivity contribution in [3.63, 3.8) is 0 Å². The van der Waals surface area contributed by atoms with Crippen LogP contribution in [0.4, 0.5) is 0 Å². The number of nitrogens with zero attached hydrogens (tertiary/aromatic N) is 1. The summed E-state index contributed by atoms with van der Waals surface area (Å²) in [5.74, 6) is 0.924. The average molecular weight is 228 g/mol. The second-order valence-electron chi connectivity index (χ2n) is 5.36. The molecule has 0 spiro atoms. The number of rotatable bonds is 5. The zero-order valence-electron chi connectivity index (χ0n) is 11.0. The predicted molar refractivity (Wildman–Crippen MR) is 68.3 cm³/mol. The first kappa shape index (κ1) is 13.9. The molecule has 0 aromatic carbocycles. The maximum absolute atomic E-state index is 9.37. The standard InChI is InChI=1S/C13H28N2O/c1-4-11-5-7-12(8-6-11)15(3)13(9-16)10(2)14/h10-13,16H,4-9,14H2,1-3H3. The lowest BCUT2D eigenvalue weighted by Crippen LogP contribution is -2.51. The third-order valence-corrected chi connectivity index (χ3v) is 4.29. The molecule has 3 nitrogen and oxygen atoms in total. The monoisotopic (exact) mass is 228 g/mol. The van der Waals surface area contributed by atoms with E-state index in [1.54, 1.807) is 0 Å². The van der Waals surface area contributed by atoms with Gasteiger partial charge in [0.25, 0.3) is 0 Å². The molecule has 1 aliphatic rings. The predicted octanol–water partition coefficient (Wildman–Crippen LogP) is 1.60. The van der Waals surface area contributed by atoms with Crippen molar-refractivity contribution in [2.24, 2.45) is 11.7 Å². The number of hydrogen-bond acceptors (Lipinski definition) is 3. The number of aliphatic hydroxyl groups excluding tert-OH is 1. The molecular formula is C13H28N2O. The summed E-state index contributed by atoms with van der Waals surface area (Å²) in [7, 11) is 2.11. The number of hydrogen-bond donors (Lipinski definition) is 2. The lowest BCUT2D eigenvalue weighted by atomic mass is 9.83. The van der Waals surface area contributed by atoms with E-state index >= 15 is 0 Å². The molecule has 2 atom stereocenters. The summed E-state index contributed by atoms with van der Waals surface area (Å²) in [4.78, 5) is 2.30. The Morgan fingerprint density at radius 2 is 1.88 bits per heavy atom. The molecular weight excluding hydrogens is 200 g/mol. The Kier molecular flexibility index (Phi) is 5.73. The lowest BCUT2D eigenvalue weighted by molar-refractivity contribution is 0.0686. The van der Waals surface area contributed by atoms with Crippen LogP contribution < -0.4 is 5.73 Å². The zero-order chi connectivity index (χ0) is 12.1. The van der Waals surface area contributed by atoms with Crippen LogP contribution in [0, 0.1) is 5.92 Å². The molecule has 0 aromatic heterocycles. The number of aliphatic hydroxyl groups is 1. The van der Waals surface area contributed by atoms with Gasteiger partial charge in [-0.25, -0.2) is 0 Å². The van der Waals surface area contributed by atoms with Crippen LogP contribution in [0.5, 0.6) is 0 Å². The van der Waals surface area contributed by atoms with E-state index in [-0.39, 0.29) is 18.7 Å². The Hall–Kier alpha value is -0.120. The molecule has 2 unspecified atom stereocenters. The van der Waals surface area contributed by atoms with Crippen LogP contribution in [0.1, 0.15) is 46.0 Å². The third-order valence-electron chi connectivity index (χ3n) is 4.29. The Morgan fingerprint density at radius 1 is 1.31 bits per heavy atom. The van der Waals surface area contributed by atoms with E-state index in [0.29, 0.717) is 6.04 Å². The fraction of sp³-hybridized carbons (Fsp3) is 1.00. The molecule has 0 heterocycles. The molecule has 3 N–H and O–H groups in total. The average Bonchev–Trinajstić information content (AvgIpc) is 2.29. The summed E-state index contributed by atoms with van der Waals surface area (Å²) in [5.41, 5.74) is 5.91. The van der Waals surface area contributed by atoms with Crippen LogP contribution in [-0.2, 0) is 0 Å². The van der Waals surface area contributed by atoms with Crippen molar-refractivity contribution in [3.05, 3.63) is 0 Å². The number of nitrogens with two attached hydrogens (primary N) is 1. The van der Waals surface area contributed by atoms with E-state index in [4.69, 9.17) is 5.73 Å². The summed E-state index contributed by atoms with van der Waals surface area (Å²) in [6.07, 6.45) is 6.51. The Bertz CT molecular complexity index is 188. The fourth-order valence-electron chi connectivity index (χ4n) is 2.90. The van der Waals surface area contributed by atoms with Gasteiger partial charge in [-0.3, -0.25) is 4.90 Å². The smallest absolute Gasteiger partial charge is 0.0601 e. The van der Waals surface area contributed by atoms with E-state index in [2.05, 4.69) is 18.9 Å². The van der Waals surface area contributed by atoms with E-state index in [9.17, 15) is 5.11 Å². The fourth-order valence-corrected chi connectivity index (χ4v) is 2.90. The molecule has 1 rings (SSSR count). The van der Waals surface area contributed by atoms with Gasteiger partial charge in [-0.2, -0.15) is 0 Å². The normalized spacial score (nSPS) is 30.4.